The van der Waals surface area contributed by atoms with Crippen LogP contribution in [-0.4, -0.2) is 43.4 Å². The van der Waals surface area contributed by atoms with Crippen LogP contribution < -0.4 is 10.6 Å². The van der Waals surface area contributed by atoms with Crippen LogP contribution in [0.3, 0.4) is 0 Å². The molecule has 1 heterocycles. The van der Waals surface area contributed by atoms with Crippen molar-refractivity contribution in [2.75, 3.05) is 26.7 Å². The molecule has 5 nitrogen and oxygen atoms in total. The lowest BCUT2D eigenvalue weighted by Crippen LogP contribution is -2.39. The second-order valence-electron chi connectivity index (χ2n) is 5.98. The molecule has 6 heteroatoms. The highest BCUT2D eigenvalue weighted by Crippen LogP contribution is 2.10. The molecule has 1 aromatic heterocycles. The highest BCUT2D eigenvalue weighted by Gasteiger charge is 2.08. The van der Waals surface area contributed by atoms with E-state index in [9.17, 15) is 4.79 Å². The molecule has 0 aliphatic heterocycles. The first kappa shape index (κ1) is 20.0. The van der Waals surface area contributed by atoms with Gasteiger partial charge >= 0.3 is 0 Å². The molecule has 2 N–H and O–H groups in total. The van der Waals surface area contributed by atoms with Crippen LogP contribution in [0, 0.1) is 0 Å². The summed E-state index contributed by atoms with van der Waals surface area (Å²) in [4.78, 5) is 20.2. The highest BCUT2D eigenvalue weighted by atomic mass is 32.1. The van der Waals surface area contributed by atoms with Crippen molar-refractivity contribution in [3.63, 3.8) is 0 Å². The molecule has 0 spiro atoms. The summed E-state index contributed by atoms with van der Waals surface area (Å²) in [5.41, 5.74) is 1.70. The molecule has 0 saturated heterocycles. The average Bonchev–Trinajstić information content (AvgIpc) is 3.17. The van der Waals surface area contributed by atoms with Gasteiger partial charge in [-0.25, -0.2) is 4.99 Å². The molecule has 0 bridgehead atoms. The Hall–Kier alpha value is -2.34. The van der Waals surface area contributed by atoms with Gasteiger partial charge < -0.3 is 15.5 Å². The Kier molecular flexibility index (Phi) is 8.15. The molecule has 1 amide bonds. The zero-order chi connectivity index (χ0) is 18.8. The largest absolute Gasteiger partial charge is 0.357 e. The SMILES string of the molecule is CCNC(=O)c1cccc(CN=C(NCC)N(C)CCc2cccs2)c1. The Labute approximate surface area is 160 Å². The lowest BCUT2D eigenvalue weighted by Gasteiger charge is -2.21. The number of guanidine groups is 1. The smallest absolute Gasteiger partial charge is 0.251 e. The molecule has 0 aliphatic rings. The van der Waals surface area contributed by atoms with Crippen LogP contribution in [0.15, 0.2) is 46.8 Å². The number of hydrogen-bond acceptors (Lipinski definition) is 3. The lowest BCUT2D eigenvalue weighted by atomic mass is 10.1. The number of thiophene rings is 1. The maximum Gasteiger partial charge on any atom is 0.251 e. The van der Waals surface area contributed by atoms with Crippen LogP contribution in [0.2, 0.25) is 0 Å². The van der Waals surface area contributed by atoms with Crippen molar-refractivity contribution in [2.24, 2.45) is 4.99 Å². The Morgan fingerprint density at radius 2 is 1.96 bits per heavy atom. The van der Waals surface area contributed by atoms with Crippen molar-refractivity contribution >= 4 is 23.2 Å². The van der Waals surface area contributed by atoms with E-state index in [2.05, 4.69) is 47.0 Å². The van der Waals surface area contributed by atoms with Crippen molar-refractivity contribution in [1.82, 2.24) is 15.5 Å². The second kappa shape index (κ2) is 10.6. The van der Waals surface area contributed by atoms with Gasteiger partial charge in [0.15, 0.2) is 5.96 Å². The fourth-order valence-corrected chi connectivity index (χ4v) is 3.25. The van der Waals surface area contributed by atoms with E-state index < -0.39 is 0 Å². The minimum atomic E-state index is -0.0432. The summed E-state index contributed by atoms with van der Waals surface area (Å²) < 4.78 is 0. The van der Waals surface area contributed by atoms with Crippen molar-refractivity contribution in [2.45, 2.75) is 26.8 Å². The summed E-state index contributed by atoms with van der Waals surface area (Å²) in [7, 11) is 2.06. The fraction of sp³-hybridized carbons (Fsp3) is 0.400. The van der Waals surface area contributed by atoms with Crippen molar-refractivity contribution in [3.05, 3.63) is 57.8 Å². The first-order valence-electron chi connectivity index (χ1n) is 9.03. The van der Waals surface area contributed by atoms with E-state index in [1.165, 1.54) is 4.88 Å². The summed E-state index contributed by atoms with van der Waals surface area (Å²) in [6.07, 6.45) is 1.01. The summed E-state index contributed by atoms with van der Waals surface area (Å²) in [5.74, 6) is 0.839. The normalized spacial score (nSPS) is 11.3. The van der Waals surface area contributed by atoms with Gasteiger partial charge in [0.2, 0.25) is 0 Å². The molecule has 0 aliphatic carbocycles. The summed E-state index contributed by atoms with van der Waals surface area (Å²) in [5, 5.41) is 8.28. The lowest BCUT2D eigenvalue weighted by molar-refractivity contribution is 0.0955. The van der Waals surface area contributed by atoms with Crippen LogP contribution in [0.1, 0.15) is 34.6 Å². The molecule has 0 saturated carbocycles. The Morgan fingerprint density at radius 3 is 2.65 bits per heavy atom. The highest BCUT2D eigenvalue weighted by molar-refractivity contribution is 7.09. The zero-order valence-corrected chi connectivity index (χ0v) is 16.6. The minimum absolute atomic E-state index is 0.0432. The number of carbonyl (C=O) groups excluding carboxylic acids is 1. The minimum Gasteiger partial charge on any atom is -0.357 e. The van der Waals surface area contributed by atoms with Crippen molar-refractivity contribution < 1.29 is 4.79 Å². The number of nitrogens with zero attached hydrogens (tertiary/aromatic N) is 2. The predicted molar refractivity (Wildman–Crippen MR) is 110 cm³/mol. The van der Waals surface area contributed by atoms with Crippen LogP contribution in [0.4, 0.5) is 0 Å². The van der Waals surface area contributed by atoms with E-state index in [0.717, 1.165) is 31.0 Å². The van der Waals surface area contributed by atoms with Crippen LogP contribution in [-0.2, 0) is 13.0 Å². The molecule has 26 heavy (non-hydrogen) atoms. The molecule has 140 valence electrons. The molecule has 0 atom stereocenters. The second-order valence-corrected chi connectivity index (χ2v) is 7.01. The van der Waals surface area contributed by atoms with E-state index >= 15 is 0 Å². The van der Waals surface area contributed by atoms with Gasteiger partial charge in [-0.1, -0.05) is 18.2 Å². The van der Waals surface area contributed by atoms with Gasteiger partial charge in [0.1, 0.15) is 0 Å². The summed E-state index contributed by atoms with van der Waals surface area (Å²) in [6, 6.07) is 11.9. The zero-order valence-electron chi connectivity index (χ0n) is 15.8. The van der Waals surface area contributed by atoms with Gasteiger partial charge in [0.25, 0.3) is 5.91 Å². The number of likely N-dealkylation sites (N-methyl/N-ethyl adjacent to an activating group) is 1. The molecular formula is C20H28N4OS. The Balaban J connectivity index is 2.01. The van der Waals surface area contributed by atoms with Gasteiger partial charge in [-0.15, -0.1) is 11.3 Å². The molecule has 2 rings (SSSR count). The molecule has 0 radical (unpaired) electrons. The van der Waals surface area contributed by atoms with Gasteiger partial charge in [0.05, 0.1) is 6.54 Å². The monoisotopic (exact) mass is 372 g/mol. The van der Waals surface area contributed by atoms with Crippen LogP contribution in [0.25, 0.3) is 0 Å². The number of amides is 1. The van der Waals surface area contributed by atoms with Crippen LogP contribution in [0.5, 0.6) is 0 Å². The summed E-state index contributed by atoms with van der Waals surface area (Å²) in [6.45, 7) is 6.88. The fourth-order valence-electron chi connectivity index (χ4n) is 2.55. The average molecular weight is 373 g/mol. The third kappa shape index (κ3) is 6.19. The van der Waals surface area contributed by atoms with Gasteiger partial charge in [-0.2, -0.15) is 0 Å². The van der Waals surface area contributed by atoms with Crippen molar-refractivity contribution in [1.29, 1.82) is 0 Å². The van der Waals surface area contributed by atoms with Crippen LogP contribution >= 0.6 is 11.3 Å². The quantitative estimate of drug-likeness (QED) is 0.553. The van der Waals surface area contributed by atoms with E-state index in [4.69, 9.17) is 4.99 Å². The summed E-state index contributed by atoms with van der Waals surface area (Å²) >= 11 is 1.78. The van der Waals surface area contributed by atoms with E-state index in [1.54, 1.807) is 11.3 Å². The first-order valence-corrected chi connectivity index (χ1v) is 9.91. The number of aliphatic imine (C=N–C) groups is 1. The topological polar surface area (TPSA) is 56.7 Å². The van der Waals surface area contributed by atoms with E-state index in [0.29, 0.717) is 18.7 Å². The first-order chi connectivity index (χ1) is 12.6. The van der Waals surface area contributed by atoms with Gasteiger partial charge in [-0.05, 0) is 49.4 Å². The maximum atomic E-state index is 12.0. The third-order valence-electron chi connectivity index (χ3n) is 3.91. The molecule has 0 unspecified atom stereocenters. The Bertz CT molecular complexity index is 712. The number of nitrogens with one attached hydrogen (secondary N) is 2. The number of hydrogen-bond donors (Lipinski definition) is 2. The van der Waals surface area contributed by atoms with E-state index in [1.807, 2.05) is 31.2 Å². The standard InChI is InChI=1S/C20H28N4OS/c1-4-21-19(25)17-9-6-8-16(14-17)15-23-20(22-5-2)24(3)12-11-18-10-7-13-26-18/h6-10,13-14H,4-5,11-12,15H2,1-3H3,(H,21,25)(H,22,23). The van der Waals surface area contributed by atoms with Gasteiger partial charge in [0, 0.05) is 37.1 Å². The molecule has 2 aromatic rings. The Morgan fingerprint density at radius 1 is 1.15 bits per heavy atom. The molecular weight excluding hydrogens is 344 g/mol. The number of carbonyl (C=O) groups is 1. The van der Waals surface area contributed by atoms with Gasteiger partial charge in [-0.3, -0.25) is 4.79 Å². The predicted octanol–water partition coefficient (Wildman–Crippen LogP) is 3.14. The maximum absolute atomic E-state index is 12.0. The van der Waals surface area contributed by atoms with Crippen molar-refractivity contribution in [3.8, 4) is 0 Å². The third-order valence-corrected chi connectivity index (χ3v) is 4.84. The molecule has 0 fully saturated rings. The van der Waals surface area contributed by atoms with E-state index in [-0.39, 0.29) is 5.91 Å². The molecule has 1 aromatic carbocycles. The number of benzene rings is 1. The number of rotatable bonds is 8.